The monoisotopic (exact) mass is 318 g/mol. The third-order valence-electron chi connectivity index (χ3n) is 3.23. The van der Waals surface area contributed by atoms with Gasteiger partial charge in [0.05, 0.1) is 11.4 Å². The van der Waals surface area contributed by atoms with E-state index in [0.717, 1.165) is 18.5 Å². The molecule has 2 aromatic rings. The van der Waals surface area contributed by atoms with Crippen molar-refractivity contribution < 1.29 is 14.7 Å². The van der Waals surface area contributed by atoms with Crippen LogP contribution >= 0.6 is 11.3 Å². The van der Waals surface area contributed by atoms with E-state index in [-0.39, 0.29) is 11.4 Å². The molecule has 1 aliphatic rings. The number of carbonyl (C=O) groups excluding carboxylic acids is 1. The first kappa shape index (κ1) is 14.5. The normalized spacial score (nSPS) is 13.7. The summed E-state index contributed by atoms with van der Waals surface area (Å²) in [5.74, 6) is 0.0346. The lowest BCUT2D eigenvalue weighted by atomic mass is 10.2. The van der Waals surface area contributed by atoms with Crippen LogP contribution in [0.1, 0.15) is 40.6 Å². The molecule has 2 aromatic heterocycles. The second-order valence-electron chi connectivity index (χ2n) is 5.08. The van der Waals surface area contributed by atoms with Crippen molar-refractivity contribution in [1.82, 2.24) is 9.97 Å². The minimum absolute atomic E-state index is 0.0329. The number of hydrogen-bond acceptors (Lipinski definition) is 5. The first-order chi connectivity index (χ1) is 10.5. The van der Waals surface area contributed by atoms with Gasteiger partial charge in [0.15, 0.2) is 10.8 Å². The predicted octanol–water partition coefficient (Wildman–Crippen LogP) is 3.07. The summed E-state index contributed by atoms with van der Waals surface area (Å²) >= 11 is 1.36. The van der Waals surface area contributed by atoms with Gasteiger partial charge in [0.2, 0.25) is 0 Å². The maximum Gasteiger partial charge on any atom is 0.409 e. The fourth-order valence-corrected chi connectivity index (χ4v) is 2.80. The molecule has 0 bridgehead atoms. The number of hydrogen-bond donors (Lipinski definition) is 3. The molecule has 1 saturated carbocycles. The van der Waals surface area contributed by atoms with Crippen molar-refractivity contribution in [3.05, 3.63) is 34.6 Å². The maximum atomic E-state index is 12.3. The van der Waals surface area contributed by atoms with Crippen LogP contribution in [0.5, 0.6) is 0 Å². The lowest BCUT2D eigenvalue weighted by Crippen LogP contribution is -2.19. The Morgan fingerprint density at radius 1 is 1.27 bits per heavy atom. The van der Waals surface area contributed by atoms with E-state index in [1.807, 2.05) is 5.38 Å². The highest BCUT2D eigenvalue weighted by Gasteiger charge is 2.26. The number of nitrogens with zero attached hydrogens (tertiary/aromatic N) is 2. The van der Waals surface area contributed by atoms with Gasteiger partial charge in [-0.1, -0.05) is 0 Å². The number of amides is 2. The molecule has 3 N–H and O–H groups in total. The Bertz CT molecular complexity index is 739. The van der Waals surface area contributed by atoms with E-state index in [4.69, 9.17) is 5.11 Å². The molecule has 1 fully saturated rings. The van der Waals surface area contributed by atoms with Gasteiger partial charge in [0.25, 0.3) is 5.91 Å². The lowest BCUT2D eigenvalue weighted by molar-refractivity contribution is 0.102. The SMILES string of the molecule is Cc1ccc(NC(=O)O)c(C(=O)Nc2nc(C3CC3)cs2)n1. The summed E-state index contributed by atoms with van der Waals surface area (Å²) < 4.78 is 0. The Morgan fingerprint density at radius 3 is 2.73 bits per heavy atom. The molecular weight excluding hydrogens is 304 g/mol. The van der Waals surface area contributed by atoms with Crippen LogP contribution < -0.4 is 10.6 Å². The molecule has 0 spiro atoms. The largest absolute Gasteiger partial charge is 0.465 e. The molecule has 2 heterocycles. The van der Waals surface area contributed by atoms with Crippen LogP contribution in [0.3, 0.4) is 0 Å². The summed E-state index contributed by atoms with van der Waals surface area (Å²) in [6.45, 7) is 1.73. The molecular formula is C14H14N4O3S. The molecule has 2 amide bonds. The highest BCUT2D eigenvalue weighted by molar-refractivity contribution is 7.14. The van der Waals surface area contributed by atoms with Gasteiger partial charge in [0.1, 0.15) is 0 Å². The summed E-state index contributed by atoms with van der Waals surface area (Å²) in [5.41, 5.74) is 1.81. The highest BCUT2D eigenvalue weighted by atomic mass is 32.1. The van der Waals surface area contributed by atoms with Crippen LogP contribution in [-0.2, 0) is 0 Å². The summed E-state index contributed by atoms with van der Waals surface area (Å²) in [6, 6.07) is 3.15. The number of anilines is 2. The second kappa shape index (κ2) is 5.72. The molecule has 0 aliphatic heterocycles. The summed E-state index contributed by atoms with van der Waals surface area (Å²) in [7, 11) is 0. The number of pyridine rings is 1. The third-order valence-corrected chi connectivity index (χ3v) is 4.01. The first-order valence-electron chi connectivity index (χ1n) is 6.77. The van der Waals surface area contributed by atoms with Crippen molar-refractivity contribution >= 4 is 34.2 Å². The second-order valence-corrected chi connectivity index (χ2v) is 5.94. The van der Waals surface area contributed by atoms with Crippen LogP contribution in [0.4, 0.5) is 15.6 Å². The van der Waals surface area contributed by atoms with Gasteiger partial charge in [-0.05, 0) is 31.9 Å². The quantitative estimate of drug-likeness (QED) is 0.803. The Morgan fingerprint density at radius 2 is 2.05 bits per heavy atom. The molecule has 1 aliphatic carbocycles. The molecule has 0 unspecified atom stereocenters. The van der Waals surface area contributed by atoms with E-state index >= 15 is 0 Å². The maximum absolute atomic E-state index is 12.3. The number of rotatable bonds is 4. The standard InChI is InChI=1S/C14H14N4O3S/c1-7-2-5-9(17-14(20)21)11(15-7)12(19)18-13-16-10(6-22-13)8-3-4-8/h2,5-6,8,17H,3-4H2,1H3,(H,20,21)(H,16,18,19). The molecule has 0 atom stereocenters. The molecule has 7 nitrogen and oxygen atoms in total. The molecule has 0 aromatic carbocycles. The zero-order valence-corrected chi connectivity index (χ0v) is 12.6. The van der Waals surface area contributed by atoms with E-state index in [0.29, 0.717) is 16.7 Å². The summed E-state index contributed by atoms with van der Waals surface area (Å²) in [6.07, 6.45) is 1.04. The number of thiazole rings is 1. The van der Waals surface area contributed by atoms with Gasteiger partial charge in [-0.15, -0.1) is 11.3 Å². The fourth-order valence-electron chi connectivity index (χ4n) is 2.01. The zero-order valence-electron chi connectivity index (χ0n) is 11.8. The molecule has 8 heteroatoms. The zero-order chi connectivity index (χ0) is 15.7. The van der Waals surface area contributed by atoms with Gasteiger partial charge >= 0.3 is 6.09 Å². The number of carbonyl (C=O) groups is 2. The van der Waals surface area contributed by atoms with Crippen molar-refractivity contribution in [2.45, 2.75) is 25.7 Å². The topological polar surface area (TPSA) is 104 Å². The van der Waals surface area contributed by atoms with Gasteiger partial charge in [-0.3, -0.25) is 15.4 Å². The average Bonchev–Trinajstić information content (AvgIpc) is 3.21. The van der Waals surface area contributed by atoms with Gasteiger partial charge in [-0.25, -0.2) is 14.8 Å². The lowest BCUT2D eigenvalue weighted by Gasteiger charge is -2.08. The van der Waals surface area contributed by atoms with Crippen molar-refractivity contribution in [3.8, 4) is 0 Å². The molecule has 0 radical (unpaired) electrons. The Balaban J connectivity index is 1.80. The van der Waals surface area contributed by atoms with E-state index in [1.165, 1.54) is 17.4 Å². The van der Waals surface area contributed by atoms with Gasteiger partial charge in [-0.2, -0.15) is 0 Å². The highest BCUT2D eigenvalue weighted by Crippen LogP contribution is 2.40. The van der Waals surface area contributed by atoms with Crippen molar-refractivity contribution in [2.24, 2.45) is 0 Å². The van der Waals surface area contributed by atoms with Gasteiger partial charge in [0, 0.05) is 17.0 Å². The smallest absolute Gasteiger partial charge is 0.409 e. The first-order valence-corrected chi connectivity index (χ1v) is 7.65. The number of aryl methyl sites for hydroxylation is 1. The fraction of sp³-hybridized carbons (Fsp3) is 0.286. The van der Waals surface area contributed by atoms with Crippen molar-refractivity contribution in [1.29, 1.82) is 0 Å². The van der Waals surface area contributed by atoms with E-state index in [2.05, 4.69) is 20.6 Å². The number of nitrogens with one attached hydrogen (secondary N) is 2. The van der Waals surface area contributed by atoms with E-state index in [9.17, 15) is 9.59 Å². The molecule has 0 saturated heterocycles. The minimum atomic E-state index is -1.25. The Hall–Kier alpha value is -2.48. The summed E-state index contributed by atoms with van der Waals surface area (Å²) in [5, 5.41) is 16.1. The Labute approximate surface area is 130 Å². The summed E-state index contributed by atoms with van der Waals surface area (Å²) in [4.78, 5) is 31.6. The predicted molar refractivity (Wildman–Crippen MR) is 82.7 cm³/mol. The van der Waals surface area contributed by atoms with Crippen LogP contribution in [0.15, 0.2) is 17.5 Å². The molecule has 114 valence electrons. The minimum Gasteiger partial charge on any atom is -0.465 e. The number of carboxylic acid groups (broad SMARTS) is 1. The molecule has 22 heavy (non-hydrogen) atoms. The van der Waals surface area contributed by atoms with Crippen LogP contribution in [0.2, 0.25) is 0 Å². The van der Waals surface area contributed by atoms with Crippen molar-refractivity contribution in [3.63, 3.8) is 0 Å². The van der Waals surface area contributed by atoms with Crippen LogP contribution in [-0.4, -0.2) is 27.1 Å². The number of aromatic nitrogens is 2. The third kappa shape index (κ3) is 3.22. The van der Waals surface area contributed by atoms with Crippen LogP contribution in [0, 0.1) is 6.92 Å². The van der Waals surface area contributed by atoms with Gasteiger partial charge < -0.3 is 5.11 Å². The molecule has 3 rings (SSSR count). The van der Waals surface area contributed by atoms with E-state index < -0.39 is 12.0 Å². The van der Waals surface area contributed by atoms with E-state index in [1.54, 1.807) is 13.0 Å². The Kier molecular flexibility index (Phi) is 3.76. The van der Waals surface area contributed by atoms with Crippen molar-refractivity contribution in [2.75, 3.05) is 10.6 Å². The average molecular weight is 318 g/mol. The van der Waals surface area contributed by atoms with Crippen LogP contribution in [0.25, 0.3) is 0 Å².